The fourth-order valence-electron chi connectivity index (χ4n) is 2.01. The van der Waals surface area contributed by atoms with E-state index >= 15 is 0 Å². The van der Waals surface area contributed by atoms with Gasteiger partial charge in [-0.3, -0.25) is 4.57 Å². The van der Waals surface area contributed by atoms with Crippen LogP contribution in [0.1, 0.15) is 13.2 Å². The summed E-state index contributed by atoms with van der Waals surface area (Å²) in [5.74, 6) is 0.415. The lowest BCUT2D eigenvalue weighted by Gasteiger charge is -2.24. The van der Waals surface area contributed by atoms with Crippen molar-refractivity contribution in [1.82, 2.24) is 19.5 Å². The second-order valence-electron chi connectivity index (χ2n) is 4.71. The van der Waals surface area contributed by atoms with Crippen molar-refractivity contribution in [2.24, 2.45) is 0 Å². The minimum Gasteiger partial charge on any atom is -0.394 e. The second-order valence-corrected chi connectivity index (χ2v) is 4.71. The van der Waals surface area contributed by atoms with Crippen LogP contribution in [0.25, 0.3) is 11.2 Å². The largest absolute Gasteiger partial charge is 0.394 e. The Labute approximate surface area is 126 Å². The van der Waals surface area contributed by atoms with Crippen molar-refractivity contribution in [3.8, 4) is 0 Å². The number of nitrogen functional groups attached to an aromatic ring is 1. The van der Waals surface area contributed by atoms with Crippen molar-refractivity contribution >= 4 is 22.9 Å². The van der Waals surface area contributed by atoms with Crippen LogP contribution in [0.4, 0.5) is 16.2 Å². The zero-order valence-electron chi connectivity index (χ0n) is 12.3. The molecule has 122 valence electrons. The van der Waals surface area contributed by atoms with Crippen LogP contribution >= 0.6 is 0 Å². The van der Waals surface area contributed by atoms with Gasteiger partial charge in [0, 0.05) is 7.05 Å². The highest BCUT2D eigenvalue weighted by molar-refractivity contribution is 5.84. The topological polar surface area (TPSA) is 131 Å². The van der Waals surface area contributed by atoms with E-state index in [0.717, 1.165) is 0 Å². The summed E-state index contributed by atoms with van der Waals surface area (Å²) in [7, 11) is 1.65. The Morgan fingerprint density at radius 2 is 2.23 bits per heavy atom. The molecule has 2 heterocycles. The van der Waals surface area contributed by atoms with Gasteiger partial charge in [-0.05, 0) is 6.92 Å². The van der Waals surface area contributed by atoms with Gasteiger partial charge in [0.1, 0.15) is 12.8 Å². The number of rotatable bonds is 7. The smallest absolute Gasteiger partial charge is 0.224 e. The van der Waals surface area contributed by atoms with Gasteiger partial charge in [-0.25, -0.2) is 9.37 Å². The molecule has 22 heavy (non-hydrogen) atoms. The first-order valence-electron chi connectivity index (χ1n) is 6.70. The summed E-state index contributed by atoms with van der Waals surface area (Å²) >= 11 is 0. The minimum atomic E-state index is -1.10. The number of nitrogens with two attached hydrogens (primary N) is 1. The Balaban J connectivity index is 2.41. The van der Waals surface area contributed by atoms with Crippen molar-refractivity contribution < 1.29 is 19.3 Å². The van der Waals surface area contributed by atoms with E-state index in [1.165, 1.54) is 17.8 Å². The summed E-state index contributed by atoms with van der Waals surface area (Å²) in [5, 5.41) is 21.5. The molecular weight excluding hydrogens is 295 g/mol. The van der Waals surface area contributed by atoms with Gasteiger partial charge in [-0.15, -0.1) is 0 Å². The molecule has 0 aromatic carbocycles. The third kappa shape index (κ3) is 3.08. The van der Waals surface area contributed by atoms with E-state index in [-0.39, 0.29) is 5.95 Å². The Hall–Kier alpha value is -2.04. The maximum absolute atomic E-state index is 13.4. The van der Waals surface area contributed by atoms with Crippen LogP contribution in [0.5, 0.6) is 0 Å². The maximum Gasteiger partial charge on any atom is 0.224 e. The highest BCUT2D eigenvalue weighted by Gasteiger charge is 2.24. The summed E-state index contributed by atoms with van der Waals surface area (Å²) in [6, 6.07) is 0. The molecule has 2 aromatic rings. The number of aliphatic hydroxyl groups is 2. The minimum absolute atomic E-state index is 0.00504. The van der Waals surface area contributed by atoms with Crippen LogP contribution in [0.15, 0.2) is 6.33 Å². The standard InChI is InChI=1S/C12H19FN6O3/c1-6(21)7(4-20)22-8(3-13)19-5-16-9-10(15-2)17-12(14)18-11(9)19/h5-8,20-21H,3-4H2,1-2H3,(H3,14,15,17,18)/t6-,7+,8+/m0/s1. The van der Waals surface area contributed by atoms with E-state index in [4.69, 9.17) is 10.5 Å². The Morgan fingerprint density at radius 1 is 1.50 bits per heavy atom. The number of nitrogens with one attached hydrogen (secondary N) is 1. The van der Waals surface area contributed by atoms with Gasteiger partial charge in [0.05, 0.1) is 19.0 Å². The average molecular weight is 314 g/mol. The summed E-state index contributed by atoms with van der Waals surface area (Å²) in [6.07, 6.45) is -1.64. The summed E-state index contributed by atoms with van der Waals surface area (Å²) in [4.78, 5) is 12.2. The molecule has 10 heteroatoms. The number of alkyl halides is 1. The van der Waals surface area contributed by atoms with Crippen molar-refractivity contribution in [3.05, 3.63) is 6.33 Å². The summed E-state index contributed by atoms with van der Waals surface area (Å²) < 4.78 is 20.1. The van der Waals surface area contributed by atoms with Gasteiger partial charge in [-0.1, -0.05) is 0 Å². The van der Waals surface area contributed by atoms with Crippen LogP contribution in [-0.4, -0.2) is 62.3 Å². The van der Waals surface area contributed by atoms with E-state index < -0.39 is 31.7 Å². The van der Waals surface area contributed by atoms with Gasteiger partial charge < -0.3 is 26.0 Å². The van der Waals surface area contributed by atoms with Crippen molar-refractivity contribution in [2.45, 2.75) is 25.4 Å². The first-order chi connectivity index (χ1) is 10.5. The summed E-state index contributed by atoms with van der Waals surface area (Å²) in [5.41, 5.74) is 6.33. The van der Waals surface area contributed by atoms with E-state index in [2.05, 4.69) is 20.3 Å². The lowest BCUT2D eigenvalue weighted by Crippen LogP contribution is -2.33. The van der Waals surface area contributed by atoms with E-state index in [0.29, 0.717) is 17.0 Å². The molecule has 0 bridgehead atoms. The Kier molecular flexibility index (Phi) is 5.06. The lowest BCUT2D eigenvalue weighted by molar-refractivity contribution is -0.123. The molecule has 0 saturated carbocycles. The van der Waals surface area contributed by atoms with Crippen LogP contribution in [0.3, 0.4) is 0 Å². The number of anilines is 2. The zero-order chi connectivity index (χ0) is 16.3. The van der Waals surface area contributed by atoms with Crippen molar-refractivity contribution in [3.63, 3.8) is 0 Å². The third-order valence-corrected chi connectivity index (χ3v) is 3.17. The molecule has 0 unspecified atom stereocenters. The Morgan fingerprint density at radius 3 is 2.77 bits per heavy atom. The number of aliphatic hydroxyl groups excluding tert-OH is 2. The molecule has 5 N–H and O–H groups in total. The predicted molar refractivity (Wildman–Crippen MR) is 77.9 cm³/mol. The molecule has 0 spiro atoms. The van der Waals surface area contributed by atoms with Crippen molar-refractivity contribution in [2.75, 3.05) is 31.4 Å². The number of aromatic nitrogens is 4. The zero-order valence-corrected chi connectivity index (χ0v) is 12.3. The molecule has 0 aliphatic carbocycles. The number of hydrogen-bond acceptors (Lipinski definition) is 8. The highest BCUT2D eigenvalue weighted by atomic mass is 19.1. The monoisotopic (exact) mass is 314 g/mol. The van der Waals surface area contributed by atoms with E-state index in [1.54, 1.807) is 7.05 Å². The molecule has 0 radical (unpaired) electrons. The number of hydrogen-bond donors (Lipinski definition) is 4. The molecule has 0 aliphatic heterocycles. The second kappa shape index (κ2) is 6.81. The van der Waals surface area contributed by atoms with E-state index in [9.17, 15) is 14.6 Å². The number of nitrogens with zero attached hydrogens (tertiary/aromatic N) is 4. The van der Waals surface area contributed by atoms with Crippen LogP contribution < -0.4 is 11.1 Å². The molecule has 3 atom stereocenters. The van der Waals surface area contributed by atoms with Gasteiger partial charge in [0.15, 0.2) is 23.2 Å². The lowest BCUT2D eigenvalue weighted by atomic mass is 10.2. The SMILES string of the molecule is CNc1nc(N)nc2c1ncn2[C@@H](CF)O[C@H](CO)[C@H](C)O. The van der Waals surface area contributed by atoms with Gasteiger partial charge in [-0.2, -0.15) is 9.97 Å². The van der Waals surface area contributed by atoms with Crippen LogP contribution in [-0.2, 0) is 4.74 Å². The Bertz CT molecular complexity index is 635. The number of ether oxygens (including phenoxy) is 1. The number of imidazole rings is 1. The summed E-state index contributed by atoms with van der Waals surface area (Å²) in [6.45, 7) is 0.106. The van der Waals surface area contributed by atoms with Gasteiger partial charge in [0.2, 0.25) is 5.95 Å². The molecule has 0 aliphatic rings. The normalized spacial score (nSPS) is 15.7. The molecule has 2 aromatic heterocycles. The molecule has 0 amide bonds. The molecule has 2 rings (SSSR count). The van der Waals surface area contributed by atoms with E-state index in [1.807, 2.05) is 0 Å². The predicted octanol–water partition coefficient (Wildman–Crippen LogP) is -0.323. The first-order valence-corrected chi connectivity index (χ1v) is 6.70. The first kappa shape index (κ1) is 16.3. The van der Waals surface area contributed by atoms with Crippen molar-refractivity contribution in [1.29, 1.82) is 0 Å². The highest BCUT2D eigenvalue weighted by Crippen LogP contribution is 2.24. The quantitative estimate of drug-likeness (QED) is 0.546. The molecule has 0 saturated heterocycles. The fraction of sp³-hybridized carbons (Fsp3) is 0.583. The average Bonchev–Trinajstić information content (AvgIpc) is 2.91. The molecule has 9 nitrogen and oxygen atoms in total. The number of halogens is 1. The van der Waals surface area contributed by atoms with Gasteiger partial charge >= 0.3 is 0 Å². The maximum atomic E-state index is 13.4. The number of fused-ring (bicyclic) bond motifs is 1. The van der Waals surface area contributed by atoms with Crippen LogP contribution in [0, 0.1) is 0 Å². The third-order valence-electron chi connectivity index (χ3n) is 3.17. The van der Waals surface area contributed by atoms with Gasteiger partial charge in [0.25, 0.3) is 0 Å². The van der Waals surface area contributed by atoms with Crippen LogP contribution in [0.2, 0.25) is 0 Å². The molecular formula is C12H19FN6O3. The fourth-order valence-corrected chi connectivity index (χ4v) is 2.01. The molecule has 0 fully saturated rings.